The molecule has 0 saturated carbocycles. The maximum Gasteiger partial charge on any atom is 0.232 e. The molecule has 34 heavy (non-hydrogen) atoms. The second-order valence-electron chi connectivity index (χ2n) is 8.80. The number of nitrogens with zero attached hydrogens (tertiary/aromatic N) is 1. The first-order valence-corrected chi connectivity index (χ1v) is 12.6. The zero-order valence-electron chi connectivity index (χ0n) is 20.6. The summed E-state index contributed by atoms with van der Waals surface area (Å²) in [6, 6.07) is 28.9. The number of hydrogen-bond donors (Lipinski definition) is 2. The van der Waals surface area contributed by atoms with Crippen molar-refractivity contribution in [1.29, 1.82) is 0 Å². The van der Waals surface area contributed by atoms with Crippen LogP contribution in [-0.4, -0.2) is 37.0 Å². The maximum absolute atomic E-state index is 13.2. The van der Waals surface area contributed by atoms with E-state index in [1.807, 2.05) is 74.5 Å². The number of primary amides is 1. The van der Waals surface area contributed by atoms with E-state index in [0.717, 1.165) is 50.0 Å². The van der Waals surface area contributed by atoms with Crippen LogP contribution < -0.4 is 11.5 Å². The van der Waals surface area contributed by atoms with Gasteiger partial charge < -0.3 is 16.4 Å². The van der Waals surface area contributed by atoms with Crippen LogP contribution in [0.3, 0.4) is 0 Å². The Bertz CT molecular complexity index is 963. The highest BCUT2D eigenvalue weighted by Crippen LogP contribution is 2.43. The molecule has 4 nitrogen and oxygen atoms in total. The Kier molecular flexibility index (Phi) is 9.43. The average molecular weight is 458 g/mol. The summed E-state index contributed by atoms with van der Waals surface area (Å²) in [5, 5.41) is 0. The predicted molar refractivity (Wildman–Crippen MR) is 142 cm³/mol. The summed E-state index contributed by atoms with van der Waals surface area (Å²) >= 11 is 0. The molecule has 1 saturated heterocycles. The van der Waals surface area contributed by atoms with E-state index >= 15 is 0 Å². The van der Waals surface area contributed by atoms with Crippen molar-refractivity contribution in [1.82, 2.24) is 4.90 Å². The van der Waals surface area contributed by atoms with Gasteiger partial charge in [0, 0.05) is 13.1 Å². The molecule has 3 aromatic rings. The Morgan fingerprint density at radius 2 is 1.35 bits per heavy atom. The topological polar surface area (TPSA) is 72.3 Å². The highest BCUT2D eigenvalue weighted by molar-refractivity contribution is 5.91. The van der Waals surface area contributed by atoms with Gasteiger partial charge in [-0.2, -0.15) is 0 Å². The summed E-state index contributed by atoms with van der Waals surface area (Å²) in [6.45, 7) is 7.49. The summed E-state index contributed by atoms with van der Waals surface area (Å²) in [5.74, 6) is -0.131. The van der Waals surface area contributed by atoms with E-state index in [4.69, 9.17) is 11.5 Å². The number of carbonyl (C=O) groups is 1. The molecule has 1 amide bonds. The molecule has 1 fully saturated rings. The molecule has 1 aliphatic heterocycles. The van der Waals surface area contributed by atoms with E-state index in [1.54, 1.807) is 0 Å². The fourth-order valence-corrected chi connectivity index (χ4v) is 5.24. The smallest absolute Gasteiger partial charge is 0.232 e. The number of rotatable bonds is 9. The number of amides is 1. The lowest BCUT2D eigenvalue weighted by Crippen LogP contribution is -2.49. The van der Waals surface area contributed by atoms with Crippen molar-refractivity contribution in [3.63, 3.8) is 0 Å². The van der Waals surface area contributed by atoms with Crippen molar-refractivity contribution in [3.8, 4) is 0 Å². The maximum atomic E-state index is 13.2. The largest absolute Gasteiger partial charge is 0.369 e. The number of hydrogen-bond acceptors (Lipinski definition) is 3. The van der Waals surface area contributed by atoms with Crippen LogP contribution >= 0.6 is 0 Å². The minimum Gasteiger partial charge on any atom is -0.369 e. The van der Waals surface area contributed by atoms with Gasteiger partial charge >= 0.3 is 0 Å². The van der Waals surface area contributed by atoms with Crippen molar-refractivity contribution in [3.05, 3.63) is 107 Å². The molecular weight excluding hydrogens is 418 g/mol. The van der Waals surface area contributed by atoms with Crippen molar-refractivity contribution in [2.24, 2.45) is 17.4 Å². The Morgan fingerprint density at radius 3 is 1.82 bits per heavy atom. The Labute approximate surface area is 205 Å². The molecule has 3 aromatic carbocycles. The minimum absolute atomic E-state index is 0.136. The molecule has 0 radical (unpaired) electrons. The normalized spacial score (nSPS) is 16.0. The van der Waals surface area contributed by atoms with Gasteiger partial charge in [-0.05, 0) is 60.5 Å². The van der Waals surface area contributed by atoms with E-state index in [2.05, 4.69) is 29.2 Å². The van der Waals surface area contributed by atoms with Gasteiger partial charge in [-0.25, -0.2) is 0 Å². The van der Waals surface area contributed by atoms with Gasteiger partial charge in [-0.1, -0.05) is 98.8 Å². The summed E-state index contributed by atoms with van der Waals surface area (Å²) in [5.41, 5.74) is 15.6. The van der Waals surface area contributed by atoms with E-state index in [1.165, 1.54) is 11.1 Å². The molecule has 1 heterocycles. The SMILES string of the molecule is CC.NCCc1ccc(CCN2CCC(C(C(N)=O)(c3ccccc3)c3ccccc3)C2)cc1. The van der Waals surface area contributed by atoms with Crippen LogP contribution in [0.2, 0.25) is 0 Å². The van der Waals surface area contributed by atoms with E-state index in [9.17, 15) is 4.79 Å². The molecule has 0 bridgehead atoms. The number of nitrogens with two attached hydrogens (primary N) is 2. The molecule has 0 aliphatic carbocycles. The van der Waals surface area contributed by atoms with Gasteiger partial charge in [0.1, 0.15) is 5.41 Å². The summed E-state index contributed by atoms with van der Waals surface area (Å²) in [6.07, 6.45) is 2.86. The molecule has 180 valence electrons. The Morgan fingerprint density at radius 1 is 0.853 bits per heavy atom. The minimum atomic E-state index is -0.818. The molecule has 4 N–H and O–H groups in total. The standard InChI is InChI=1S/C28H33N3O.C2H6/c29-18-15-22-11-13-23(14-12-22)16-19-31-20-17-26(21-31)28(27(30)32,24-7-3-1-4-8-24)25-9-5-2-6-10-25;1-2/h1-14,26H,15-21,29H2,(H2,30,32);1-2H3. The highest BCUT2D eigenvalue weighted by atomic mass is 16.1. The van der Waals surface area contributed by atoms with Crippen molar-refractivity contribution < 1.29 is 4.79 Å². The molecule has 1 unspecified atom stereocenters. The molecule has 4 heteroatoms. The van der Waals surface area contributed by atoms with Gasteiger partial charge in [-0.15, -0.1) is 0 Å². The van der Waals surface area contributed by atoms with Crippen molar-refractivity contribution >= 4 is 5.91 Å². The Hall–Kier alpha value is -2.95. The highest BCUT2D eigenvalue weighted by Gasteiger charge is 2.49. The lowest BCUT2D eigenvalue weighted by Gasteiger charge is -2.37. The summed E-state index contributed by atoms with van der Waals surface area (Å²) in [4.78, 5) is 15.6. The van der Waals surface area contributed by atoms with Crippen molar-refractivity contribution in [2.45, 2.75) is 38.5 Å². The third kappa shape index (κ3) is 5.57. The lowest BCUT2D eigenvalue weighted by atomic mass is 9.64. The van der Waals surface area contributed by atoms with Crippen LogP contribution in [0.25, 0.3) is 0 Å². The third-order valence-electron chi connectivity index (χ3n) is 6.90. The van der Waals surface area contributed by atoms with Crippen LogP contribution in [0, 0.1) is 5.92 Å². The zero-order chi connectivity index (χ0) is 24.4. The first kappa shape index (κ1) is 25.7. The third-order valence-corrected chi connectivity index (χ3v) is 6.90. The quantitative estimate of drug-likeness (QED) is 0.495. The molecule has 0 spiro atoms. The molecule has 1 aliphatic rings. The first-order valence-electron chi connectivity index (χ1n) is 12.6. The first-order chi connectivity index (χ1) is 16.6. The number of benzene rings is 3. The van der Waals surface area contributed by atoms with E-state index in [0.29, 0.717) is 6.54 Å². The predicted octanol–water partition coefficient (Wildman–Crippen LogP) is 4.55. The van der Waals surface area contributed by atoms with Crippen LogP contribution in [0.5, 0.6) is 0 Å². The van der Waals surface area contributed by atoms with Crippen LogP contribution in [0.1, 0.15) is 42.5 Å². The van der Waals surface area contributed by atoms with Gasteiger partial charge in [0.2, 0.25) is 5.91 Å². The number of likely N-dealkylation sites (tertiary alicyclic amines) is 1. The monoisotopic (exact) mass is 457 g/mol. The van der Waals surface area contributed by atoms with E-state index in [-0.39, 0.29) is 11.8 Å². The molecular formula is C30H39N3O. The van der Waals surface area contributed by atoms with Crippen LogP contribution in [-0.2, 0) is 23.1 Å². The second kappa shape index (κ2) is 12.5. The molecule has 1 atom stereocenters. The second-order valence-corrected chi connectivity index (χ2v) is 8.80. The number of carbonyl (C=O) groups excluding carboxylic acids is 1. The van der Waals surface area contributed by atoms with Gasteiger partial charge in [0.15, 0.2) is 0 Å². The van der Waals surface area contributed by atoms with Crippen molar-refractivity contribution in [2.75, 3.05) is 26.2 Å². The Balaban J connectivity index is 0.00000158. The van der Waals surface area contributed by atoms with Crippen LogP contribution in [0.4, 0.5) is 0 Å². The molecule has 0 aromatic heterocycles. The van der Waals surface area contributed by atoms with Gasteiger partial charge in [0.25, 0.3) is 0 Å². The molecule has 4 rings (SSSR count). The van der Waals surface area contributed by atoms with Gasteiger partial charge in [-0.3, -0.25) is 4.79 Å². The van der Waals surface area contributed by atoms with Crippen LogP contribution in [0.15, 0.2) is 84.9 Å². The lowest BCUT2D eigenvalue weighted by molar-refractivity contribution is -0.123. The fraction of sp³-hybridized carbons (Fsp3) is 0.367. The summed E-state index contributed by atoms with van der Waals surface area (Å²) < 4.78 is 0. The van der Waals surface area contributed by atoms with E-state index < -0.39 is 5.41 Å². The van der Waals surface area contributed by atoms with Gasteiger partial charge in [0.05, 0.1) is 0 Å². The average Bonchev–Trinajstić information content (AvgIpc) is 3.36. The zero-order valence-corrected chi connectivity index (χ0v) is 20.6. The summed E-state index contributed by atoms with van der Waals surface area (Å²) in [7, 11) is 0. The fourth-order valence-electron chi connectivity index (χ4n) is 5.24.